The van der Waals surface area contributed by atoms with Gasteiger partial charge in [0.15, 0.2) is 0 Å². The quantitative estimate of drug-likeness (QED) is 0.288. The molecule has 146 valence electrons. The van der Waals surface area contributed by atoms with E-state index in [1.807, 2.05) is 60.8 Å². The van der Waals surface area contributed by atoms with Crippen molar-refractivity contribution in [2.45, 2.75) is 13.5 Å². The van der Waals surface area contributed by atoms with Crippen molar-refractivity contribution in [2.75, 3.05) is 0 Å². The Kier molecular flexibility index (Phi) is 4.78. The molecule has 3 nitrogen and oxygen atoms in total. The number of rotatable bonds is 5. The van der Waals surface area contributed by atoms with Crippen molar-refractivity contribution in [1.82, 2.24) is 4.57 Å². The van der Waals surface area contributed by atoms with Crippen LogP contribution in [-0.2, 0) is 6.54 Å². The van der Waals surface area contributed by atoms with Crippen LogP contribution in [0.2, 0.25) is 0 Å². The second-order valence-electron chi connectivity index (χ2n) is 7.21. The first-order valence-corrected chi connectivity index (χ1v) is 10.2. The Hall–Kier alpha value is -3.85. The molecular formula is C27H22N2O. The summed E-state index contributed by atoms with van der Waals surface area (Å²) in [6.45, 7) is 3.14. The predicted molar refractivity (Wildman–Crippen MR) is 125 cm³/mol. The van der Waals surface area contributed by atoms with E-state index in [0.29, 0.717) is 0 Å². The van der Waals surface area contributed by atoms with Gasteiger partial charge in [-0.2, -0.15) is 0 Å². The molecule has 5 rings (SSSR count). The van der Waals surface area contributed by atoms with Crippen LogP contribution in [0, 0.1) is 0 Å². The van der Waals surface area contributed by atoms with E-state index in [1.165, 1.54) is 21.8 Å². The minimum atomic E-state index is 0.800. The SMILES string of the molecule is CCn1c2ccccc2c2cc(C=Nc3ccc(Oc4ccccc4)cc3)ccc21. The molecule has 4 aromatic carbocycles. The Balaban J connectivity index is 1.40. The van der Waals surface area contributed by atoms with Crippen molar-refractivity contribution in [3.63, 3.8) is 0 Å². The fraction of sp³-hybridized carbons (Fsp3) is 0.0741. The molecular weight excluding hydrogens is 368 g/mol. The number of fused-ring (bicyclic) bond motifs is 3. The Morgan fingerprint density at radius 1 is 0.733 bits per heavy atom. The average Bonchev–Trinajstić information content (AvgIpc) is 3.12. The normalized spacial score (nSPS) is 11.5. The van der Waals surface area contributed by atoms with E-state index in [0.717, 1.165) is 29.3 Å². The third-order valence-corrected chi connectivity index (χ3v) is 5.29. The zero-order valence-corrected chi connectivity index (χ0v) is 16.8. The molecule has 5 aromatic rings. The van der Waals surface area contributed by atoms with Gasteiger partial charge >= 0.3 is 0 Å². The number of hydrogen-bond donors (Lipinski definition) is 0. The zero-order chi connectivity index (χ0) is 20.3. The summed E-state index contributed by atoms with van der Waals surface area (Å²) < 4.78 is 8.20. The Labute approximate surface area is 175 Å². The van der Waals surface area contributed by atoms with Gasteiger partial charge in [0.25, 0.3) is 0 Å². The first kappa shape index (κ1) is 18.2. The van der Waals surface area contributed by atoms with Crippen LogP contribution in [0.3, 0.4) is 0 Å². The fourth-order valence-corrected chi connectivity index (χ4v) is 3.87. The van der Waals surface area contributed by atoms with Gasteiger partial charge < -0.3 is 9.30 Å². The number of ether oxygens (including phenoxy) is 1. The van der Waals surface area contributed by atoms with Crippen molar-refractivity contribution >= 4 is 33.7 Å². The third kappa shape index (κ3) is 3.46. The van der Waals surface area contributed by atoms with Crippen LogP contribution in [0.5, 0.6) is 11.5 Å². The zero-order valence-electron chi connectivity index (χ0n) is 16.8. The highest BCUT2D eigenvalue weighted by atomic mass is 16.5. The largest absolute Gasteiger partial charge is 0.457 e. The van der Waals surface area contributed by atoms with Gasteiger partial charge in [-0.25, -0.2) is 0 Å². The molecule has 1 aromatic heterocycles. The van der Waals surface area contributed by atoms with E-state index < -0.39 is 0 Å². The van der Waals surface area contributed by atoms with Crippen molar-refractivity contribution in [3.05, 3.63) is 103 Å². The molecule has 0 aliphatic heterocycles. The van der Waals surface area contributed by atoms with Gasteiger partial charge in [0.2, 0.25) is 0 Å². The molecule has 0 radical (unpaired) electrons. The lowest BCUT2D eigenvalue weighted by Gasteiger charge is -2.05. The van der Waals surface area contributed by atoms with Crippen LogP contribution in [0.25, 0.3) is 21.8 Å². The van der Waals surface area contributed by atoms with Crippen LogP contribution in [0.15, 0.2) is 102 Å². The molecule has 0 saturated carbocycles. The number of benzene rings is 4. The van der Waals surface area contributed by atoms with E-state index in [4.69, 9.17) is 4.74 Å². The summed E-state index contributed by atoms with van der Waals surface area (Å²) in [5.74, 6) is 1.63. The van der Waals surface area contributed by atoms with Crippen molar-refractivity contribution in [2.24, 2.45) is 4.99 Å². The Bertz CT molecular complexity index is 1330. The fourth-order valence-electron chi connectivity index (χ4n) is 3.87. The maximum Gasteiger partial charge on any atom is 0.127 e. The van der Waals surface area contributed by atoms with Gasteiger partial charge in [-0.15, -0.1) is 0 Å². The maximum atomic E-state index is 5.84. The number of hydrogen-bond acceptors (Lipinski definition) is 2. The van der Waals surface area contributed by atoms with Crippen LogP contribution >= 0.6 is 0 Å². The summed E-state index contributed by atoms with van der Waals surface area (Å²) in [7, 11) is 0. The predicted octanol–water partition coefficient (Wildman–Crippen LogP) is 7.36. The lowest BCUT2D eigenvalue weighted by atomic mass is 10.1. The van der Waals surface area contributed by atoms with E-state index in [1.54, 1.807) is 0 Å². The van der Waals surface area contributed by atoms with Crippen LogP contribution < -0.4 is 4.74 Å². The first-order chi connectivity index (χ1) is 14.8. The highest BCUT2D eigenvalue weighted by Crippen LogP contribution is 2.29. The number of para-hydroxylation sites is 2. The summed E-state index contributed by atoms with van der Waals surface area (Å²) in [5, 5.41) is 2.55. The van der Waals surface area contributed by atoms with Gasteiger partial charge in [-0.05, 0) is 67.1 Å². The smallest absolute Gasteiger partial charge is 0.127 e. The van der Waals surface area contributed by atoms with E-state index in [-0.39, 0.29) is 0 Å². The molecule has 0 unspecified atom stereocenters. The molecule has 1 heterocycles. The molecule has 30 heavy (non-hydrogen) atoms. The van der Waals surface area contributed by atoms with Gasteiger partial charge in [-0.1, -0.05) is 42.5 Å². The average molecular weight is 390 g/mol. The molecule has 0 bridgehead atoms. The number of aryl methyl sites for hydroxylation is 1. The maximum absolute atomic E-state index is 5.84. The molecule has 0 fully saturated rings. The minimum absolute atomic E-state index is 0.800. The Morgan fingerprint density at radius 2 is 1.43 bits per heavy atom. The topological polar surface area (TPSA) is 26.5 Å². The molecule has 3 heteroatoms. The highest BCUT2D eigenvalue weighted by molar-refractivity contribution is 6.09. The molecule has 0 saturated heterocycles. The standard InChI is InChI=1S/C27H22N2O/c1-2-29-26-11-7-6-10-24(26)25-18-20(12-17-27(25)29)19-28-21-13-15-23(16-14-21)30-22-8-4-3-5-9-22/h3-19H,2H2,1H3. The van der Waals surface area contributed by atoms with E-state index in [9.17, 15) is 0 Å². The number of nitrogens with zero attached hydrogens (tertiary/aromatic N) is 2. The van der Waals surface area contributed by atoms with Gasteiger partial charge in [0.1, 0.15) is 11.5 Å². The van der Waals surface area contributed by atoms with Crippen LogP contribution in [0.1, 0.15) is 12.5 Å². The lowest BCUT2D eigenvalue weighted by molar-refractivity contribution is 0.483. The monoisotopic (exact) mass is 390 g/mol. The molecule has 0 spiro atoms. The molecule has 0 amide bonds. The molecule has 0 N–H and O–H groups in total. The second kappa shape index (κ2) is 7.88. The summed E-state index contributed by atoms with van der Waals surface area (Å²) in [6, 6.07) is 32.7. The van der Waals surface area contributed by atoms with Crippen LogP contribution in [0.4, 0.5) is 5.69 Å². The van der Waals surface area contributed by atoms with E-state index in [2.05, 4.69) is 58.9 Å². The Morgan fingerprint density at radius 3 is 2.23 bits per heavy atom. The second-order valence-corrected chi connectivity index (χ2v) is 7.21. The summed E-state index contributed by atoms with van der Waals surface area (Å²) >= 11 is 0. The number of aromatic nitrogens is 1. The van der Waals surface area contributed by atoms with Gasteiger partial charge in [0.05, 0.1) is 5.69 Å². The van der Waals surface area contributed by atoms with Crippen molar-refractivity contribution in [1.29, 1.82) is 0 Å². The minimum Gasteiger partial charge on any atom is -0.457 e. The summed E-state index contributed by atoms with van der Waals surface area (Å²) in [6.07, 6.45) is 1.92. The van der Waals surface area contributed by atoms with Crippen LogP contribution in [-0.4, -0.2) is 10.8 Å². The summed E-state index contributed by atoms with van der Waals surface area (Å²) in [5.41, 5.74) is 4.52. The lowest BCUT2D eigenvalue weighted by Crippen LogP contribution is -1.92. The summed E-state index contributed by atoms with van der Waals surface area (Å²) in [4.78, 5) is 4.65. The van der Waals surface area contributed by atoms with Gasteiger partial charge in [-0.3, -0.25) is 4.99 Å². The molecule has 0 aliphatic carbocycles. The van der Waals surface area contributed by atoms with Crippen molar-refractivity contribution < 1.29 is 4.74 Å². The first-order valence-electron chi connectivity index (χ1n) is 10.2. The molecule has 0 atom stereocenters. The molecule has 0 aliphatic rings. The van der Waals surface area contributed by atoms with Gasteiger partial charge in [0, 0.05) is 34.6 Å². The number of aliphatic imine (C=N–C) groups is 1. The van der Waals surface area contributed by atoms with Crippen molar-refractivity contribution in [3.8, 4) is 11.5 Å². The van der Waals surface area contributed by atoms with E-state index >= 15 is 0 Å². The highest BCUT2D eigenvalue weighted by Gasteiger charge is 2.09. The third-order valence-electron chi connectivity index (χ3n) is 5.29.